The third-order valence-electron chi connectivity index (χ3n) is 2.11. The zero-order valence-electron chi connectivity index (χ0n) is 10.3. The number of aliphatic imine (C=N–C) groups is 1. The summed E-state index contributed by atoms with van der Waals surface area (Å²) in [6, 6.07) is 5.88. The van der Waals surface area contributed by atoms with E-state index in [9.17, 15) is 0 Å². The summed E-state index contributed by atoms with van der Waals surface area (Å²) >= 11 is 0. The monoisotopic (exact) mass is 221 g/mol. The molecule has 0 spiro atoms. The van der Waals surface area contributed by atoms with Gasteiger partial charge in [-0.2, -0.15) is 0 Å². The third kappa shape index (κ3) is 3.42. The van der Waals surface area contributed by atoms with Gasteiger partial charge in [0.25, 0.3) is 0 Å². The quantitative estimate of drug-likeness (QED) is 0.597. The molecule has 1 aromatic rings. The van der Waals surface area contributed by atoms with E-state index in [-0.39, 0.29) is 0 Å². The summed E-state index contributed by atoms with van der Waals surface area (Å²) in [6.07, 6.45) is 0. The van der Waals surface area contributed by atoms with Crippen molar-refractivity contribution in [3.05, 3.63) is 23.9 Å². The maximum atomic E-state index is 5.70. The molecule has 0 bridgehead atoms. The van der Waals surface area contributed by atoms with Gasteiger partial charge in [0.1, 0.15) is 5.82 Å². The van der Waals surface area contributed by atoms with Crippen LogP contribution in [-0.2, 0) is 6.54 Å². The lowest BCUT2D eigenvalue weighted by Crippen LogP contribution is -2.30. The number of hydrogen-bond acceptors (Lipinski definition) is 3. The lowest BCUT2D eigenvalue weighted by atomic mass is 10.3. The zero-order valence-corrected chi connectivity index (χ0v) is 10.3. The van der Waals surface area contributed by atoms with Crippen LogP contribution in [0.1, 0.15) is 5.69 Å². The molecule has 0 aliphatic carbocycles. The van der Waals surface area contributed by atoms with Crippen molar-refractivity contribution in [2.24, 2.45) is 10.7 Å². The molecule has 0 fully saturated rings. The van der Waals surface area contributed by atoms with E-state index in [1.54, 1.807) is 4.90 Å². The molecule has 0 atom stereocenters. The fraction of sp³-hybridized carbons (Fsp3) is 0.455. The number of nitrogens with zero attached hydrogens (tertiary/aromatic N) is 4. The molecule has 0 radical (unpaired) electrons. The van der Waals surface area contributed by atoms with Gasteiger partial charge in [0, 0.05) is 28.2 Å². The van der Waals surface area contributed by atoms with Gasteiger partial charge in [0.05, 0.1) is 12.2 Å². The van der Waals surface area contributed by atoms with E-state index in [0.717, 1.165) is 11.5 Å². The average Bonchev–Trinajstić information content (AvgIpc) is 2.26. The van der Waals surface area contributed by atoms with Crippen LogP contribution >= 0.6 is 0 Å². The zero-order chi connectivity index (χ0) is 12.1. The van der Waals surface area contributed by atoms with Crippen LogP contribution in [-0.4, -0.2) is 44.0 Å². The van der Waals surface area contributed by atoms with Crippen molar-refractivity contribution in [1.29, 1.82) is 0 Å². The normalized spacial score (nSPS) is 11.4. The Labute approximate surface area is 96.6 Å². The van der Waals surface area contributed by atoms with Crippen LogP contribution in [0, 0.1) is 0 Å². The topological polar surface area (TPSA) is 57.8 Å². The van der Waals surface area contributed by atoms with Crippen LogP contribution in [0.15, 0.2) is 23.2 Å². The summed E-state index contributed by atoms with van der Waals surface area (Å²) in [6.45, 7) is 0.506. The van der Waals surface area contributed by atoms with Crippen LogP contribution in [0.25, 0.3) is 0 Å². The highest BCUT2D eigenvalue weighted by molar-refractivity contribution is 5.77. The number of anilines is 1. The molecule has 5 nitrogen and oxygen atoms in total. The van der Waals surface area contributed by atoms with E-state index in [4.69, 9.17) is 5.73 Å². The highest BCUT2D eigenvalue weighted by Gasteiger charge is 1.99. The van der Waals surface area contributed by atoms with Gasteiger partial charge in [-0.25, -0.2) is 9.98 Å². The van der Waals surface area contributed by atoms with E-state index in [0.29, 0.717) is 12.5 Å². The summed E-state index contributed by atoms with van der Waals surface area (Å²) in [5.74, 6) is 1.44. The van der Waals surface area contributed by atoms with E-state index >= 15 is 0 Å². The van der Waals surface area contributed by atoms with Gasteiger partial charge in [0.15, 0.2) is 5.96 Å². The van der Waals surface area contributed by atoms with Gasteiger partial charge in [-0.15, -0.1) is 0 Å². The molecule has 0 aliphatic rings. The maximum absolute atomic E-state index is 5.70. The van der Waals surface area contributed by atoms with E-state index in [1.807, 2.05) is 51.3 Å². The van der Waals surface area contributed by atoms with Crippen molar-refractivity contribution in [2.75, 3.05) is 33.1 Å². The summed E-state index contributed by atoms with van der Waals surface area (Å²) in [7, 11) is 7.65. The highest BCUT2D eigenvalue weighted by atomic mass is 15.2. The molecule has 1 aromatic heterocycles. The van der Waals surface area contributed by atoms with Crippen LogP contribution in [0.2, 0.25) is 0 Å². The Morgan fingerprint density at radius 3 is 2.56 bits per heavy atom. The van der Waals surface area contributed by atoms with Crippen molar-refractivity contribution in [3.63, 3.8) is 0 Å². The molecule has 0 saturated carbocycles. The molecule has 1 rings (SSSR count). The number of hydrogen-bond donors (Lipinski definition) is 1. The minimum absolute atomic E-state index is 0.506. The van der Waals surface area contributed by atoms with Gasteiger partial charge in [-0.05, 0) is 12.1 Å². The summed E-state index contributed by atoms with van der Waals surface area (Å²) in [4.78, 5) is 12.4. The first-order valence-electron chi connectivity index (χ1n) is 5.11. The summed E-state index contributed by atoms with van der Waals surface area (Å²) in [5, 5.41) is 0. The number of rotatable bonds is 3. The number of aromatic nitrogens is 1. The minimum Gasteiger partial charge on any atom is -0.370 e. The molecular weight excluding hydrogens is 202 g/mol. The second-order valence-corrected chi connectivity index (χ2v) is 3.95. The van der Waals surface area contributed by atoms with Gasteiger partial charge in [-0.1, -0.05) is 6.07 Å². The molecule has 0 aliphatic heterocycles. The molecule has 16 heavy (non-hydrogen) atoms. The van der Waals surface area contributed by atoms with Crippen molar-refractivity contribution in [3.8, 4) is 0 Å². The molecule has 88 valence electrons. The Morgan fingerprint density at radius 2 is 2.00 bits per heavy atom. The van der Waals surface area contributed by atoms with Crippen molar-refractivity contribution in [1.82, 2.24) is 9.88 Å². The lowest BCUT2D eigenvalue weighted by Gasteiger charge is -2.12. The average molecular weight is 221 g/mol. The molecule has 0 amide bonds. The first-order chi connectivity index (χ1) is 7.50. The van der Waals surface area contributed by atoms with E-state index in [1.165, 1.54) is 0 Å². The number of guanidine groups is 1. The Kier molecular flexibility index (Phi) is 4.10. The summed E-state index contributed by atoms with van der Waals surface area (Å²) in [5.41, 5.74) is 6.61. The van der Waals surface area contributed by atoms with Crippen LogP contribution in [0.4, 0.5) is 5.82 Å². The Morgan fingerprint density at radius 1 is 1.31 bits per heavy atom. The Hall–Kier alpha value is -1.78. The Balaban J connectivity index is 2.75. The van der Waals surface area contributed by atoms with Gasteiger partial charge in [-0.3, -0.25) is 0 Å². The summed E-state index contributed by atoms with van der Waals surface area (Å²) < 4.78 is 0. The van der Waals surface area contributed by atoms with Gasteiger partial charge in [0.2, 0.25) is 0 Å². The smallest absolute Gasteiger partial charge is 0.191 e. The molecule has 1 heterocycles. The van der Waals surface area contributed by atoms with Gasteiger partial charge >= 0.3 is 0 Å². The van der Waals surface area contributed by atoms with E-state index < -0.39 is 0 Å². The van der Waals surface area contributed by atoms with Crippen molar-refractivity contribution >= 4 is 11.8 Å². The van der Waals surface area contributed by atoms with Crippen LogP contribution < -0.4 is 10.6 Å². The van der Waals surface area contributed by atoms with Crippen molar-refractivity contribution < 1.29 is 0 Å². The highest BCUT2D eigenvalue weighted by Crippen LogP contribution is 2.08. The molecule has 2 N–H and O–H groups in total. The first kappa shape index (κ1) is 12.3. The maximum Gasteiger partial charge on any atom is 0.191 e. The number of pyridine rings is 1. The fourth-order valence-corrected chi connectivity index (χ4v) is 1.11. The van der Waals surface area contributed by atoms with Crippen LogP contribution in [0.5, 0.6) is 0 Å². The van der Waals surface area contributed by atoms with E-state index in [2.05, 4.69) is 9.98 Å². The van der Waals surface area contributed by atoms with Crippen LogP contribution in [0.3, 0.4) is 0 Å². The first-order valence-corrected chi connectivity index (χ1v) is 5.11. The Bertz CT molecular complexity index is 370. The van der Waals surface area contributed by atoms with Gasteiger partial charge < -0.3 is 15.5 Å². The second kappa shape index (κ2) is 5.34. The molecule has 0 unspecified atom stereocenters. The lowest BCUT2D eigenvalue weighted by molar-refractivity contribution is 0.608. The SMILES string of the molecule is CN(C)C(N)=NCc1cccc(N(C)C)n1. The second-order valence-electron chi connectivity index (χ2n) is 3.95. The predicted molar refractivity (Wildman–Crippen MR) is 67.6 cm³/mol. The fourth-order valence-electron chi connectivity index (χ4n) is 1.11. The molecular formula is C11H19N5. The largest absolute Gasteiger partial charge is 0.370 e. The molecule has 0 aromatic carbocycles. The van der Waals surface area contributed by atoms with Crippen molar-refractivity contribution in [2.45, 2.75) is 6.54 Å². The third-order valence-corrected chi connectivity index (χ3v) is 2.11. The molecule has 0 saturated heterocycles. The number of nitrogens with two attached hydrogens (primary N) is 1. The predicted octanol–water partition coefficient (Wildman–Crippen LogP) is 0.524. The minimum atomic E-state index is 0.506. The standard InChI is InChI=1S/C11H19N5/c1-15(2)10-7-5-6-9(14-10)8-13-11(12)16(3)4/h5-7H,8H2,1-4H3,(H2,12,13). The molecule has 5 heteroatoms.